The number of aryl methyl sites for hydroxylation is 1. The zero-order chi connectivity index (χ0) is 21.8. The zero-order valence-corrected chi connectivity index (χ0v) is 17.5. The molecular weight excluding hydrogens is 389 g/mol. The number of carbonyl (C=O) groups excluding carboxylic acids is 3. The maximum absolute atomic E-state index is 13.2. The number of halogens is 1. The van der Waals surface area contributed by atoms with Gasteiger partial charge in [-0.05, 0) is 51.3 Å². The topological polar surface area (TPSA) is 81.5 Å². The predicted octanol–water partition coefficient (Wildman–Crippen LogP) is 3.15. The number of hydrogen-bond acceptors (Lipinski definition) is 5. The molecule has 0 aromatic carbocycles. The Morgan fingerprint density at radius 3 is 2.70 bits per heavy atom. The van der Waals surface area contributed by atoms with Crippen molar-refractivity contribution in [3.05, 3.63) is 47.2 Å². The maximum atomic E-state index is 13.2. The summed E-state index contributed by atoms with van der Waals surface area (Å²) < 4.78 is 20.2. The van der Waals surface area contributed by atoms with E-state index in [0.717, 1.165) is 18.3 Å². The molecule has 2 aromatic rings. The van der Waals surface area contributed by atoms with E-state index in [0.29, 0.717) is 42.9 Å². The van der Waals surface area contributed by atoms with Crippen molar-refractivity contribution >= 4 is 17.7 Å². The van der Waals surface area contributed by atoms with Gasteiger partial charge in [0.15, 0.2) is 6.61 Å². The summed E-state index contributed by atoms with van der Waals surface area (Å²) in [5.41, 5.74) is 1.80. The normalized spacial score (nSPS) is 16.0. The summed E-state index contributed by atoms with van der Waals surface area (Å²) >= 11 is 0. The van der Waals surface area contributed by atoms with Crippen molar-refractivity contribution in [2.24, 2.45) is 0 Å². The number of ketones is 1. The number of nitrogens with zero attached hydrogens (tertiary/aromatic N) is 3. The van der Waals surface area contributed by atoms with Gasteiger partial charge >= 0.3 is 5.97 Å². The van der Waals surface area contributed by atoms with Crippen molar-refractivity contribution < 1.29 is 23.5 Å². The van der Waals surface area contributed by atoms with E-state index in [-0.39, 0.29) is 11.7 Å². The molecule has 3 heterocycles. The molecule has 7 nitrogen and oxygen atoms in total. The van der Waals surface area contributed by atoms with Gasteiger partial charge in [0, 0.05) is 29.9 Å². The number of ether oxygens (including phenoxy) is 1. The third-order valence-corrected chi connectivity index (χ3v) is 5.33. The number of aromatic nitrogens is 2. The number of pyridine rings is 1. The standard InChI is InChI=1S/C22H26FN3O4/c1-4-6-21(28)25-10-5-7-18(25)22(29)30-13-19(27)17-11-14(2)26(15(17)3)20-9-8-16(23)12-24-20/h8-9,11-12,18H,4-7,10,13H2,1-3H3. The monoisotopic (exact) mass is 415 g/mol. The molecule has 1 fully saturated rings. The molecule has 160 valence electrons. The SMILES string of the molecule is CCCC(=O)N1CCCC1C(=O)OCC(=O)c1cc(C)n(-c2ccc(F)cn2)c1C. The molecule has 0 bridgehead atoms. The summed E-state index contributed by atoms with van der Waals surface area (Å²) in [6, 6.07) is 3.92. The van der Waals surface area contributed by atoms with Gasteiger partial charge in [-0.15, -0.1) is 0 Å². The van der Waals surface area contributed by atoms with Crippen LogP contribution in [0.15, 0.2) is 24.4 Å². The van der Waals surface area contributed by atoms with E-state index in [2.05, 4.69) is 4.98 Å². The van der Waals surface area contributed by atoms with Crippen molar-refractivity contribution in [1.29, 1.82) is 0 Å². The first-order chi connectivity index (χ1) is 14.3. The molecule has 0 aliphatic carbocycles. The van der Waals surface area contributed by atoms with Crippen molar-refractivity contribution in [2.75, 3.05) is 13.2 Å². The Morgan fingerprint density at radius 2 is 2.03 bits per heavy atom. The van der Waals surface area contributed by atoms with Gasteiger partial charge in [0.1, 0.15) is 17.7 Å². The molecule has 2 aromatic heterocycles. The predicted molar refractivity (Wildman–Crippen MR) is 108 cm³/mol. The minimum Gasteiger partial charge on any atom is -0.456 e. The van der Waals surface area contributed by atoms with Crippen LogP contribution in [-0.2, 0) is 14.3 Å². The lowest BCUT2D eigenvalue weighted by Crippen LogP contribution is -2.41. The second-order valence-electron chi connectivity index (χ2n) is 7.48. The highest BCUT2D eigenvalue weighted by molar-refractivity contribution is 5.99. The summed E-state index contributed by atoms with van der Waals surface area (Å²) in [4.78, 5) is 43.0. The summed E-state index contributed by atoms with van der Waals surface area (Å²) in [7, 11) is 0. The van der Waals surface area contributed by atoms with E-state index in [1.54, 1.807) is 22.5 Å². The molecule has 0 saturated carbocycles. The number of rotatable bonds is 7. The first-order valence-corrected chi connectivity index (χ1v) is 10.1. The second-order valence-corrected chi connectivity index (χ2v) is 7.48. The van der Waals surface area contributed by atoms with Crippen molar-refractivity contribution in [3.63, 3.8) is 0 Å². The third kappa shape index (κ3) is 4.42. The zero-order valence-electron chi connectivity index (χ0n) is 17.5. The molecule has 0 radical (unpaired) electrons. The Bertz CT molecular complexity index is 952. The Hall–Kier alpha value is -3.03. The number of Topliss-reactive ketones (excluding diaryl/α,β-unsaturated/α-hetero) is 1. The molecule has 1 atom stereocenters. The Labute approximate surface area is 174 Å². The van der Waals surface area contributed by atoms with Crippen molar-refractivity contribution in [1.82, 2.24) is 14.5 Å². The molecule has 1 aliphatic rings. The summed E-state index contributed by atoms with van der Waals surface area (Å²) in [5.74, 6) is -0.881. The van der Waals surface area contributed by atoms with Crippen LogP contribution in [0.25, 0.3) is 5.82 Å². The van der Waals surface area contributed by atoms with E-state index in [4.69, 9.17) is 4.74 Å². The van der Waals surface area contributed by atoms with Gasteiger partial charge in [-0.3, -0.25) is 9.59 Å². The summed E-state index contributed by atoms with van der Waals surface area (Å²) in [6.07, 6.45) is 3.52. The lowest BCUT2D eigenvalue weighted by Gasteiger charge is -2.23. The van der Waals surface area contributed by atoms with Gasteiger partial charge < -0.3 is 14.2 Å². The minimum absolute atomic E-state index is 0.0568. The van der Waals surface area contributed by atoms with Gasteiger partial charge in [0.05, 0.1) is 6.20 Å². The highest BCUT2D eigenvalue weighted by Gasteiger charge is 2.35. The maximum Gasteiger partial charge on any atom is 0.329 e. The van der Waals surface area contributed by atoms with Crippen LogP contribution >= 0.6 is 0 Å². The van der Waals surface area contributed by atoms with Crippen LogP contribution in [0.4, 0.5) is 4.39 Å². The highest BCUT2D eigenvalue weighted by atomic mass is 19.1. The van der Waals surface area contributed by atoms with Gasteiger partial charge in [0.2, 0.25) is 11.7 Å². The number of likely N-dealkylation sites (tertiary alicyclic amines) is 1. The summed E-state index contributed by atoms with van der Waals surface area (Å²) in [6.45, 7) is 5.63. The van der Waals surface area contributed by atoms with E-state index in [1.165, 1.54) is 12.1 Å². The molecular formula is C22H26FN3O4. The molecule has 8 heteroatoms. The Morgan fingerprint density at radius 1 is 1.27 bits per heavy atom. The van der Waals surface area contributed by atoms with Gasteiger partial charge in [0.25, 0.3) is 0 Å². The van der Waals surface area contributed by atoms with E-state index in [1.807, 2.05) is 13.8 Å². The molecule has 1 amide bonds. The molecule has 3 rings (SSSR count). The van der Waals surface area contributed by atoms with E-state index < -0.39 is 24.4 Å². The molecule has 1 aliphatic heterocycles. The molecule has 1 unspecified atom stereocenters. The number of hydrogen-bond donors (Lipinski definition) is 0. The lowest BCUT2D eigenvalue weighted by molar-refractivity contribution is -0.152. The largest absolute Gasteiger partial charge is 0.456 e. The minimum atomic E-state index is -0.618. The highest BCUT2D eigenvalue weighted by Crippen LogP contribution is 2.22. The third-order valence-electron chi connectivity index (χ3n) is 5.33. The molecule has 1 saturated heterocycles. The van der Waals surface area contributed by atoms with Crippen LogP contribution in [0.3, 0.4) is 0 Å². The first-order valence-electron chi connectivity index (χ1n) is 10.1. The fraction of sp³-hybridized carbons (Fsp3) is 0.455. The number of amides is 1. The van der Waals surface area contributed by atoms with Gasteiger partial charge in [-0.2, -0.15) is 0 Å². The Kier molecular flexibility index (Phi) is 6.64. The average molecular weight is 415 g/mol. The van der Waals surface area contributed by atoms with Crippen LogP contribution < -0.4 is 0 Å². The van der Waals surface area contributed by atoms with Crippen LogP contribution in [0.2, 0.25) is 0 Å². The number of carbonyl (C=O) groups is 3. The van der Waals surface area contributed by atoms with Crippen LogP contribution in [0, 0.1) is 19.7 Å². The van der Waals surface area contributed by atoms with E-state index >= 15 is 0 Å². The van der Waals surface area contributed by atoms with Gasteiger partial charge in [-0.1, -0.05) is 6.92 Å². The smallest absolute Gasteiger partial charge is 0.329 e. The first kappa shape index (κ1) is 21.7. The van der Waals surface area contributed by atoms with Crippen LogP contribution in [0.5, 0.6) is 0 Å². The fourth-order valence-corrected chi connectivity index (χ4v) is 3.88. The lowest BCUT2D eigenvalue weighted by atomic mass is 10.1. The average Bonchev–Trinajstić information content (AvgIpc) is 3.32. The fourth-order valence-electron chi connectivity index (χ4n) is 3.88. The quantitative estimate of drug-likeness (QED) is 0.513. The molecule has 0 spiro atoms. The number of esters is 1. The van der Waals surface area contributed by atoms with Gasteiger partial charge in [-0.25, -0.2) is 14.2 Å². The van der Waals surface area contributed by atoms with Crippen molar-refractivity contribution in [2.45, 2.75) is 52.5 Å². The van der Waals surface area contributed by atoms with E-state index in [9.17, 15) is 18.8 Å². The Balaban J connectivity index is 1.68. The molecule has 0 N–H and O–H groups in total. The summed E-state index contributed by atoms with van der Waals surface area (Å²) in [5, 5.41) is 0. The second kappa shape index (κ2) is 9.19. The van der Waals surface area contributed by atoms with Crippen molar-refractivity contribution in [3.8, 4) is 5.82 Å². The van der Waals surface area contributed by atoms with Crippen LogP contribution in [-0.4, -0.2) is 51.3 Å². The van der Waals surface area contributed by atoms with Crippen LogP contribution in [0.1, 0.15) is 54.4 Å². The molecule has 30 heavy (non-hydrogen) atoms.